The minimum atomic E-state index is -0.113. The Labute approximate surface area is 119 Å². The molecule has 0 radical (unpaired) electrons. The first kappa shape index (κ1) is 12.0. The van der Waals surface area contributed by atoms with Crippen molar-refractivity contribution in [2.24, 2.45) is 0 Å². The lowest BCUT2D eigenvalue weighted by molar-refractivity contribution is 0.419. The number of rotatable bonds is 1. The number of pyridine rings is 1. The van der Waals surface area contributed by atoms with Gasteiger partial charge < -0.3 is 10.5 Å². The molecule has 0 spiro atoms. The lowest BCUT2D eigenvalue weighted by Gasteiger charge is -2.09. The predicted molar refractivity (Wildman–Crippen MR) is 83.4 cm³/mol. The van der Waals surface area contributed by atoms with Crippen molar-refractivity contribution in [1.82, 2.24) is 9.61 Å². The summed E-state index contributed by atoms with van der Waals surface area (Å²) in [6.07, 6.45) is 0. The maximum absolute atomic E-state index is 12.9. The van der Waals surface area contributed by atoms with Gasteiger partial charge in [-0.3, -0.25) is 4.79 Å². The van der Waals surface area contributed by atoms with Gasteiger partial charge in [0.05, 0.1) is 34.6 Å². The van der Waals surface area contributed by atoms with E-state index in [9.17, 15) is 4.79 Å². The van der Waals surface area contributed by atoms with Crippen LogP contribution >= 0.6 is 0 Å². The number of anilines is 1. The third-order valence-corrected chi connectivity index (χ3v) is 3.97. The topological polar surface area (TPSA) is 69.6 Å². The van der Waals surface area contributed by atoms with E-state index in [-0.39, 0.29) is 5.43 Å². The van der Waals surface area contributed by atoms with Crippen LogP contribution in [0.4, 0.5) is 5.69 Å². The molecule has 4 aromatic rings. The Kier molecular flexibility index (Phi) is 2.19. The molecule has 0 saturated heterocycles. The highest BCUT2D eigenvalue weighted by Crippen LogP contribution is 2.31. The molecule has 5 heteroatoms. The first-order valence-electron chi connectivity index (χ1n) is 6.63. The lowest BCUT2D eigenvalue weighted by atomic mass is 10.1. The van der Waals surface area contributed by atoms with Crippen LogP contribution in [-0.2, 0) is 0 Å². The minimum Gasteiger partial charge on any atom is -0.496 e. The fraction of sp³-hybridized carbons (Fsp3) is 0.125. The van der Waals surface area contributed by atoms with Crippen LogP contribution in [-0.4, -0.2) is 16.7 Å². The standard InChI is InChI=1S/C16H13N3O2/c1-8-9-6-7-10(17)13-15(9)19(18-8)11-4-3-5-12(21-2)14(11)16(13)20/h3-7H,17H2,1-2H3. The third-order valence-electron chi connectivity index (χ3n) is 3.97. The summed E-state index contributed by atoms with van der Waals surface area (Å²) in [6, 6.07) is 9.16. The molecule has 0 aliphatic heterocycles. The van der Waals surface area contributed by atoms with Crippen LogP contribution in [0.15, 0.2) is 35.1 Å². The molecule has 0 fully saturated rings. The number of hydrogen-bond donors (Lipinski definition) is 1. The summed E-state index contributed by atoms with van der Waals surface area (Å²) in [5.41, 5.74) is 8.77. The van der Waals surface area contributed by atoms with Crippen LogP contribution in [0.1, 0.15) is 5.69 Å². The smallest absolute Gasteiger partial charge is 0.203 e. The second-order valence-corrected chi connectivity index (χ2v) is 5.11. The van der Waals surface area contributed by atoms with E-state index in [1.807, 2.05) is 25.1 Å². The molecule has 104 valence electrons. The summed E-state index contributed by atoms with van der Waals surface area (Å²) in [4.78, 5) is 12.9. The zero-order valence-electron chi connectivity index (χ0n) is 11.7. The second-order valence-electron chi connectivity index (χ2n) is 5.11. The van der Waals surface area contributed by atoms with Gasteiger partial charge in [-0.05, 0) is 31.2 Å². The molecule has 0 atom stereocenters. The van der Waals surface area contributed by atoms with Gasteiger partial charge >= 0.3 is 0 Å². The summed E-state index contributed by atoms with van der Waals surface area (Å²) < 4.78 is 7.13. The van der Waals surface area contributed by atoms with Crippen LogP contribution in [0.25, 0.3) is 27.2 Å². The molecule has 2 heterocycles. The van der Waals surface area contributed by atoms with E-state index >= 15 is 0 Å². The van der Waals surface area contributed by atoms with Gasteiger partial charge in [-0.2, -0.15) is 5.10 Å². The van der Waals surface area contributed by atoms with E-state index in [0.29, 0.717) is 22.2 Å². The van der Waals surface area contributed by atoms with Crippen LogP contribution in [0.2, 0.25) is 0 Å². The number of hydrogen-bond acceptors (Lipinski definition) is 4. The fourth-order valence-electron chi connectivity index (χ4n) is 3.00. The predicted octanol–water partition coefficient (Wildman–Crippen LogP) is 2.34. The number of nitrogen functional groups attached to an aromatic ring is 1. The number of benzene rings is 2. The quantitative estimate of drug-likeness (QED) is 0.429. The van der Waals surface area contributed by atoms with Crippen LogP contribution in [0, 0.1) is 6.92 Å². The maximum Gasteiger partial charge on any atom is 0.203 e. The Morgan fingerprint density at radius 3 is 2.76 bits per heavy atom. The van der Waals surface area contributed by atoms with E-state index < -0.39 is 0 Å². The largest absolute Gasteiger partial charge is 0.496 e. The molecule has 0 saturated carbocycles. The Balaban J connectivity index is 2.47. The summed E-state index contributed by atoms with van der Waals surface area (Å²) in [5.74, 6) is 0.535. The summed E-state index contributed by atoms with van der Waals surface area (Å²) in [7, 11) is 1.55. The first-order chi connectivity index (χ1) is 10.1. The number of nitrogens with zero attached hydrogens (tertiary/aromatic N) is 2. The van der Waals surface area contributed by atoms with Crippen molar-refractivity contribution in [2.75, 3.05) is 12.8 Å². The van der Waals surface area contributed by atoms with Gasteiger partial charge in [0.15, 0.2) is 0 Å². The van der Waals surface area contributed by atoms with Crippen molar-refractivity contribution in [1.29, 1.82) is 0 Å². The van der Waals surface area contributed by atoms with Crippen molar-refractivity contribution < 1.29 is 4.74 Å². The van der Waals surface area contributed by atoms with E-state index in [0.717, 1.165) is 22.1 Å². The van der Waals surface area contributed by atoms with Crippen molar-refractivity contribution in [3.63, 3.8) is 0 Å². The van der Waals surface area contributed by atoms with Crippen molar-refractivity contribution in [3.05, 3.63) is 46.2 Å². The van der Waals surface area contributed by atoms with Gasteiger partial charge in [0.1, 0.15) is 5.75 Å². The number of fused-ring (bicyclic) bond motifs is 2. The van der Waals surface area contributed by atoms with Crippen molar-refractivity contribution >= 4 is 32.9 Å². The molecule has 0 aliphatic carbocycles. The second kappa shape index (κ2) is 3.85. The Morgan fingerprint density at radius 1 is 1.19 bits per heavy atom. The molecule has 4 rings (SSSR count). The summed E-state index contributed by atoms with van der Waals surface area (Å²) >= 11 is 0. The SMILES string of the molecule is COc1cccc2c1c(=O)c1c(N)ccc3c(C)nn2c31. The molecule has 0 amide bonds. The number of methoxy groups -OCH3 is 1. The number of aromatic nitrogens is 2. The van der Waals surface area contributed by atoms with Gasteiger partial charge in [0.2, 0.25) is 5.43 Å². The zero-order valence-corrected chi connectivity index (χ0v) is 11.7. The summed E-state index contributed by atoms with van der Waals surface area (Å²) in [6.45, 7) is 1.93. The van der Waals surface area contributed by atoms with Gasteiger partial charge in [-0.25, -0.2) is 4.52 Å². The Bertz CT molecular complexity index is 1070. The molecule has 0 aliphatic rings. The number of aryl methyl sites for hydroxylation is 1. The van der Waals surface area contributed by atoms with Gasteiger partial charge in [-0.1, -0.05) is 6.07 Å². The monoisotopic (exact) mass is 279 g/mol. The van der Waals surface area contributed by atoms with Crippen molar-refractivity contribution in [2.45, 2.75) is 6.92 Å². The van der Waals surface area contributed by atoms with E-state index in [1.165, 1.54) is 0 Å². The Morgan fingerprint density at radius 2 is 2.00 bits per heavy atom. The number of nitrogens with two attached hydrogens (primary N) is 1. The highest BCUT2D eigenvalue weighted by molar-refractivity contribution is 6.09. The lowest BCUT2D eigenvalue weighted by Crippen LogP contribution is -2.10. The summed E-state index contributed by atoms with van der Waals surface area (Å²) in [5, 5.41) is 6.53. The zero-order chi connectivity index (χ0) is 14.7. The van der Waals surface area contributed by atoms with Crippen LogP contribution < -0.4 is 15.9 Å². The normalized spacial score (nSPS) is 11.7. The average molecular weight is 279 g/mol. The van der Waals surface area contributed by atoms with E-state index in [4.69, 9.17) is 10.5 Å². The van der Waals surface area contributed by atoms with Gasteiger partial charge in [-0.15, -0.1) is 0 Å². The molecular formula is C16H13N3O2. The van der Waals surface area contributed by atoms with Gasteiger partial charge in [0, 0.05) is 11.1 Å². The highest BCUT2D eigenvalue weighted by Gasteiger charge is 2.19. The minimum absolute atomic E-state index is 0.113. The molecule has 0 bridgehead atoms. The average Bonchev–Trinajstić information content (AvgIpc) is 2.82. The van der Waals surface area contributed by atoms with Gasteiger partial charge in [0.25, 0.3) is 0 Å². The van der Waals surface area contributed by atoms with Crippen LogP contribution in [0.5, 0.6) is 5.75 Å². The van der Waals surface area contributed by atoms with E-state index in [1.54, 1.807) is 23.8 Å². The molecule has 0 unspecified atom stereocenters. The number of ether oxygens (including phenoxy) is 1. The highest BCUT2D eigenvalue weighted by atomic mass is 16.5. The maximum atomic E-state index is 12.9. The Hall–Kier alpha value is -2.82. The molecular weight excluding hydrogens is 266 g/mol. The van der Waals surface area contributed by atoms with Crippen LogP contribution in [0.3, 0.4) is 0 Å². The first-order valence-corrected chi connectivity index (χ1v) is 6.63. The molecule has 21 heavy (non-hydrogen) atoms. The van der Waals surface area contributed by atoms with Crippen molar-refractivity contribution in [3.8, 4) is 5.75 Å². The third kappa shape index (κ3) is 1.35. The fourth-order valence-corrected chi connectivity index (χ4v) is 3.00. The molecule has 2 N–H and O–H groups in total. The van der Waals surface area contributed by atoms with E-state index in [2.05, 4.69) is 5.10 Å². The molecule has 5 nitrogen and oxygen atoms in total. The molecule has 2 aromatic heterocycles. The molecule has 2 aromatic carbocycles.